The molecule has 0 saturated heterocycles. The van der Waals surface area contributed by atoms with E-state index in [2.05, 4.69) is 20.4 Å². The van der Waals surface area contributed by atoms with Crippen molar-refractivity contribution in [1.29, 1.82) is 0 Å². The lowest BCUT2D eigenvalue weighted by molar-refractivity contribution is 0.0928. The molecular weight excluding hydrogens is 326 g/mol. The first-order valence-corrected chi connectivity index (χ1v) is 8.35. The van der Waals surface area contributed by atoms with Gasteiger partial charge in [-0.3, -0.25) is 4.79 Å². The maximum Gasteiger partial charge on any atom is 0.271 e. The van der Waals surface area contributed by atoms with E-state index in [-0.39, 0.29) is 5.91 Å². The van der Waals surface area contributed by atoms with Crippen LogP contribution in [0.25, 0.3) is 0 Å². The van der Waals surface area contributed by atoms with E-state index in [1.54, 1.807) is 12.3 Å². The molecule has 3 rings (SSSR count). The summed E-state index contributed by atoms with van der Waals surface area (Å²) in [4.78, 5) is 20.7. The summed E-state index contributed by atoms with van der Waals surface area (Å²) >= 11 is 1.36. The van der Waals surface area contributed by atoms with E-state index in [1.807, 2.05) is 30.3 Å². The van der Waals surface area contributed by atoms with Crippen LogP contribution in [0.5, 0.6) is 0 Å². The maximum atomic E-state index is 12.2. The molecule has 24 heavy (non-hydrogen) atoms. The number of nitrogens with two attached hydrogens (primary N) is 1. The Morgan fingerprint density at radius 2 is 2.12 bits per heavy atom. The summed E-state index contributed by atoms with van der Waals surface area (Å²) in [6.45, 7) is 2.11. The number of carbonyl (C=O) groups excluding carboxylic acids is 1. The van der Waals surface area contributed by atoms with Gasteiger partial charge in [0.15, 0.2) is 5.82 Å². The summed E-state index contributed by atoms with van der Waals surface area (Å²) in [7, 11) is 0. The number of thiazole rings is 1. The third-order valence-electron chi connectivity index (χ3n) is 3.37. The molecule has 2 heterocycles. The number of amides is 1. The standard InChI is InChI=1S/C16H17N5O2S/c1-10(18-15(22)12-9-24-14(8-17)19-12)16-20-13(21-23-16)7-11-5-3-2-4-6-11/h2-6,9-10H,7-8,17H2,1H3,(H,18,22). The first kappa shape index (κ1) is 16.3. The van der Waals surface area contributed by atoms with Crippen LogP contribution in [0.2, 0.25) is 0 Å². The SMILES string of the molecule is CC(NC(=O)c1csc(CN)n1)c1nc(Cc2ccccc2)no1. The first-order valence-electron chi connectivity index (χ1n) is 7.47. The van der Waals surface area contributed by atoms with Crippen LogP contribution in [0, 0.1) is 0 Å². The van der Waals surface area contributed by atoms with Gasteiger partial charge in [0, 0.05) is 18.3 Å². The van der Waals surface area contributed by atoms with Crippen molar-refractivity contribution in [1.82, 2.24) is 20.4 Å². The maximum absolute atomic E-state index is 12.2. The van der Waals surface area contributed by atoms with Gasteiger partial charge < -0.3 is 15.6 Å². The average molecular weight is 343 g/mol. The summed E-state index contributed by atoms with van der Waals surface area (Å²) in [6.07, 6.45) is 0.580. The second kappa shape index (κ2) is 7.33. The quantitative estimate of drug-likeness (QED) is 0.709. The number of aromatic nitrogens is 3. The van der Waals surface area contributed by atoms with Crippen LogP contribution in [-0.2, 0) is 13.0 Å². The molecule has 7 nitrogen and oxygen atoms in total. The van der Waals surface area contributed by atoms with Crippen molar-refractivity contribution in [3.63, 3.8) is 0 Å². The van der Waals surface area contributed by atoms with E-state index >= 15 is 0 Å². The second-order valence-electron chi connectivity index (χ2n) is 5.24. The van der Waals surface area contributed by atoms with Gasteiger partial charge in [-0.2, -0.15) is 4.98 Å². The smallest absolute Gasteiger partial charge is 0.271 e. The predicted molar refractivity (Wildman–Crippen MR) is 89.4 cm³/mol. The van der Waals surface area contributed by atoms with Crippen LogP contribution in [0.4, 0.5) is 0 Å². The summed E-state index contributed by atoms with van der Waals surface area (Å²) in [5, 5.41) is 9.16. The van der Waals surface area contributed by atoms with E-state index in [1.165, 1.54) is 11.3 Å². The highest BCUT2D eigenvalue weighted by molar-refractivity contribution is 7.09. The Morgan fingerprint density at radius 1 is 1.33 bits per heavy atom. The number of benzene rings is 1. The number of carbonyl (C=O) groups is 1. The molecule has 0 aliphatic rings. The lowest BCUT2D eigenvalue weighted by Gasteiger charge is -2.07. The summed E-state index contributed by atoms with van der Waals surface area (Å²) in [5.74, 6) is 0.654. The Labute approximate surface area is 142 Å². The van der Waals surface area contributed by atoms with Crippen molar-refractivity contribution < 1.29 is 9.32 Å². The Kier molecular flexibility index (Phi) is 4.97. The highest BCUT2D eigenvalue weighted by Crippen LogP contribution is 2.14. The monoisotopic (exact) mass is 343 g/mol. The normalized spacial score (nSPS) is 12.1. The number of hydrogen-bond acceptors (Lipinski definition) is 7. The number of nitrogens with zero attached hydrogens (tertiary/aromatic N) is 3. The molecular formula is C16H17N5O2S. The summed E-state index contributed by atoms with van der Waals surface area (Å²) in [5.41, 5.74) is 6.94. The number of rotatable bonds is 6. The van der Waals surface area contributed by atoms with Gasteiger partial charge in [-0.25, -0.2) is 4.98 Å². The van der Waals surface area contributed by atoms with Crippen molar-refractivity contribution in [3.8, 4) is 0 Å². The predicted octanol–water partition coefficient (Wildman–Crippen LogP) is 2.07. The molecule has 0 aliphatic heterocycles. The molecule has 0 saturated carbocycles. The minimum Gasteiger partial charge on any atom is -0.339 e. The Balaban J connectivity index is 1.63. The molecule has 1 amide bonds. The molecule has 3 aromatic rings. The van der Waals surface area contributed by atoms with Crippen LogP contribution >= 0.6 is 11.3 Å². The molecule has 3 N–H and O–H groups in total. The third-order valence-corrected chi connectivity index (χ3v) is 4.24. The van der Waals surface area contributed by atoms with E-state index in [9.17, 15) is 4.79 Å². The molecule has 1 unspecified atom stereocenters. The molecule has 0 aliphatic carbocycles. The molecule has 1 atom stereocenters. The largest absolute Gasteiger partial charge is 0.339 e. The topological polar surface area (TPSA) is 107 Å². The van der Waals surface area contributed by atoms with Gasteiger partial charge in [-0.05, 0) is 12.5 Å². The van der Waals surface area contributed by atoms with Crippen molar-refractivity contribution in [2.45, 2.75) is 25.9 Å². The highest BCUT2D eigenvalue weighted by atomic mass is 32.1. The molecule has 0 fully saturated rings. The van der Waals surface area contributed by atoms with E-state index in [4.69, 9.17) is 10.3 Å². The molecule has 0 radical (unpaired) electrons. The average Bonchev–Trinajstić information content (AvgIpc) is 3.25. The van der Waals surface area contributed by atoms with Crippen LogP contribution in [0.15, 0.2) is 40.2 Å². The van der Waals surface area contributed by atoms with Gasteiger partial charge in [0.1, 0.15) is 16.7 Å². The van der Waals surface area contributed by atoms with Gasteiger partial charge in [0.05, 0.1) is 0 Å². The second-order valence-corrected chi connectivity index (χ2v) is 6.18. The van der Waals surface area contributed by atoms with E-state index in [0.717, 1.165) is 10.6 Å². The number of hydrogen-bond donors (Lipinski definition) is 2. The van der Waals surface area contributed by atoms with Crippen molar-refractivity contribution in [2.24, 2.45) is 5.73 Å². The van der Waals surface area contributed by atoms with Gasteiger partial charge in [-0.15, -0.1) is 11.3 Å². The fraction of sp³-hybridized carbons (Fsp3) is 0.250. The van der Waals surface area contributed by atoms with Crippen LogP contribution in [0.1, 0.15) is 45.7 Å². The van der Waals surface area contributed by atoms with E-state index < -0.39 is 6.04 Å². The Hall–Kier alpha value is -2.58. The fourth-order valence-corrected chi connectivity index (χ4v) is 2.79. The van der Waals surface area contributed by atoms with Crippen LogP contribution in [0.3, 0.4) is 0 Å². The molecule has 0 spiro atoms. The third kappa shape index (κ3) is 3.84. The fourth-order valence-electron chi connectivity index (χ4n) is 2.13. The zero-order chi connectivity index (χ0) is 16.9. The zero-order valence-electron chi connectivity index (χ0n) is 13.1. The highest BCUT2D eigenvalue weighted by Gasteiger charge is 2.19. The lowest BCUT2D eigenvalue weighted by atomic mass is 10.1. The van der Waals surface area contributed by atoms with Crippen molar-refractivity contribution >= 4 is 17.2 Å². The Morgan fingerprint density at radius 3 is 2.83 bits per heavy atom. The molecule has 1 aromatic carbocycles. The minimum absolute atomic E-state index is 0.291. The van der Waals surface area contributed by atoms with Gasteiger partial charge in [0.2, 0.25) is 5.89 Å². The van der Waals surface area contributed by atoms with Gasteiger partial charge in [-0.1, -0.05) is 35.5 Å². The summed E-state index contributed by atoms with van der Waals surface area (Å²) < 4.78 is 5.25. The van der Waals surface area contributed by atoms with Crippen LogP contribution < -0.4 is 11.1 Å². The van der Waals surface area contributed by atoms with E-state index in [0.29, 0.717) is 30.4 Å². The van der Waals surface area contributed by atoms with Crippen molar-refractivity contribution in [3.05, 3.63) is 63.7 Å². The zero-order valence-corrected chi connectivity index (χ0v) is 13.9. The first-order chi connectivity index (χ1) is 11.7. The lowest BCUT2D eigenvalue weighted by Crippen LogP contribution is -2.27. The van der Waals surface area contributed by atoms with Crippen LogP contribution in [-0.4, -0.2) is 21.0 Å². The van der Waals surface area contributed by atoms with Gasteiger partial charge in [0.25, 0.3) is 5.91 Å². The molecule has 8 heteroatoms. The number of nitrogens with one attached hydrogen (secondary N) is 1. The summed E-state index contributed by atoms with van der Waals surface area (Å²) in [6, 6.07) is 9.47. The molecule has 0 bridgehead atoms. The Bertz CT molecular complexity index is 815. The molecule has 124 valence electrons. The van der Waals surface area contributed by atoms with Crippen molar-refractivity contribution in [2.75, 3.05) is 0 Å². The van der Waals surface area contributed by atoms with Gasteiger partial charge >= 0.3 is 0 Å². The minimum atomic E-state index is -0.405. The molecule has 2 aromatic heterocycles.